The molecule has 0 aromatic rings. The fourth-order valence-electron chi connectivity index (χ4n) is 0. The van der Waals surface area contributed by atoms with Crippen molar-refractivity contribution in [3.05, 3.63) is 0 Å². The van der Waals surface area contributed by atoms with Gasteiger partial charge in [-0.25, -0.2) is 0 Å². The molecule has 0 bridgehead atoms. The predicted molar refractivity (Wildman–Crippen MR) is 9.08 cm³/mol. The molecular weight excluding hydrogens is 185 g/mol. The van der Waals surface area contributed by atoms with Gasteiger partial charge >= 0.3 is 29.9 Å². The van der Waals surface area contributed by atoms with Gasteiger partial charge in [0.2, 0.25) is 0 Å². The zero-order valence-electron chi connectivity index (χ0n) is 1.54. The zero-order valence-corrected chi connectivity index (χ0v) is 3.87. The molecule has 0 radical (unpaired) electrons. The summed E-state index contributed by atoms with van der Waals surface area (Å²) in [6, 6.07) is 0. The number of halogens is 3. The van der Waals surface area contributed by atoms with Crippen LogP contribution in [-0.2, 0) is 0 Å². The predicted octanol–water partition coefficient (Wildman–Crippen LogP) is 0.880. The summed E-state index contributed by atoms with van der Waals surface area (Å²) >= 11 is -4.86. The fraction of sp³-hybridized carbons (Fsp3) is 0. The van der Waals surface area contributed by atoms with Gasteiger partial charge in [-0.2, -0.15) is 0 Å². The van der Waals surface area contributed by atoms with Crippen molar-refractivity contribution >= 4 is 21.3 Å². The van der Waals surface area contributed by atoms with E-state index in [1.807, 2.05) is 0 Å². The van der Waals surface area contributed by atoms with E-state index >= 15 is 0 Å². The Morgan fingerprint density at radius 3 is 1.00 bits per heavy atom. The van der Waals surface area contributed by atoms with Crippen LogP contribution in [0.4, 0.5) is 8.68 Å². The van der Waals surface area contributed by atoms with Crippen molar-refractivity contribution in [2.24, 2.45) is 0 Å². The molecular formula is F3Te+. The summed E-state index contributed by atoms with van der Waals surface area (Å²) in [6.45, 7) is 0. The van der Waals surface area contributed by atoms with E-state index in [1.165, 1.54) is 0 Å². The Labute approximate surface area is 30.6 Å². The van der Waals surface area contributed by atoms with Crippen LogP contribution in [0.5, 0.6) is 0 Å². The van der Waals surface area contributed by atoms with Gasteiger partial charge in [0.05, 0.1) is 0 Å². The molecule has 0 aromatic carbocycles. The molecule has 0 spiro atoms. The third-order valence-electron chi connectivity index (χ3n) is 0. The monoisotopic (exact) mass is 187 g/mol. The molecule has 4 heteroatoms. The Bertz CT molecular complexity index is 8.00. The van der Waals surface area contributed by atoms with Gasteiger partial charge in [0.1, 0.15) is 0 Å². The van der Waals surface area contributed by atoms with Crippen LogP contribution >= 0.6 is 0 Å². The van der Waals surface area contributed by atoms with Gasteiger partial charge in [0.25, 0.3) is 0 Å². The Morgan fingerprint density at radius 2 is 1.00 bits per heavy atom. The SMILES string of the molecule is F[Te+](F)F. The summed E-state index contributed by atoms with van der Waals surface area (Å²) < 4.78 is 29.5. The van der Waals surface area contributed by atoms with E-state index in [0.29, 0.717) is 0 Å². The molecule has 0 saturated heterocycles. The van der Waals surface area contributed by atoms with Gasteiger partial charge in [-0.3, -0.25) is 0 Å². The van der Waals surface area contributed by atoms with Crippen molar-refractivity contribution in [3.63, 3.8) is 0 Å². The topological polar surface area (TPSA) is 0 Å². The molecule has 0 aromatic heterocycles. The van der Waals surface area contributed by atoms with Crippen molar-refractivity contribution in [2.45, 2.75) is 0 Å². The maximum absolute atomic E-state index is 9.84. The van der Waals surface area contributed by atoms with E-state index in [2.05, 4.69) is 0 Å². The molecule has 0 unspecified atom stereocenters. The number of rotatable bonds is 0. The summed E-state index contributed by atoms with van der Waals surface area (Å²) in [5.41, 5.74) is 0. The second-order valence-corrected chi connectivity index (χ2v) is 1.17. The first-order valence-electron chi connectivity index (χ1n) is 0.463. The Hall–Kier alpha value is 0.580. The van der Waals surface area contributed by atoms with Gasteiger partial charge < -0.3 is 0 Å². The van der Waals surface area contributed by atoms with Crippen molar-refractivity contribution in [1.29, 1.82) is 0 Å². The molecule has 0 aliphatic rings. The average molecular weight is 185 g/mol. The Kier molecular flexibility index (Phi) is 2.13. The van der Waals surface area contributed by atoms with Crippen LogP contribution < -0.4 is 0 Å². The third-order valence-corrected chi connectivity index (χ3v) is 0. The van der Waals surface area contributed by atoms with Crippen LogP contribution in [0.2, 0.25) is 0 Å². The van der Waals surface area contributed by atoms with Crippen LogP contribution in [0.15, 0.2) is 0 Å². The van der Waals surface area contributed by atoms with Crippen LogP contribution in [0.3, 0.4) is 0 Å². The zero-order chi connectivity index (χ0) is 3.58. The summed E-state index contributed by atoms with van der Waals surface area (Å²) in [5, 5.41) is 0. The van der Waals surface area contributed by atoms with Gasteiger partial charge in [0, 0.05) is 0 Å². The summed E-state index contributed by atoms with van der Waals surface area (Å²) in [5.74, 6) is 0. The molecule has 0 N–H and O–H groups in total. The molecule has 0 heterocycles. The van der Waals surface area contributed by atoms with Gasteiger partial charge in [-0.15, -0.1) is 0 Å². The molecule has 0 rings (SSSR count). The summed E-state index contributed by atoms with van der Waals surface area (Å²) in [6.07, 6.45) is 0. The van der Waals surface area contributed by atoms with Gasteiger partial charge in [-0.1, -0.05) is 0 Å². The van der Waals surface area contributed by atoms with Crippen LogP contribution in [-0.4, -0.2) is 21.3 Å². The van der Waals surface area contributed by atoms with E-state index in [1.54, 1.807) is 0 Å². The van der Waals surface area contributed by atoms with Crippen molar-refractivity contribution in [2.75, 3.05) is 0 Å². The van der Waals surface area contributed by atoms with E-state index in [4.69, 9.17) is 0 Å². The molecule has 4 heavy (non-hydrogen) atoms. The summed E-state index contributed by atoms with van der Waals surface area (Å²) in [7, 11) is 0. The minimum atomic E-state index is -4.86. The molecule has 0 aliphatic heterocycles. The molecule has 0 amide bonds. The Morgan fingerprint density at radius 1 is 1.00 bits per heavy atom. The second kappa shape index (κ2) is 1.86. The van der Waals surface area contributed by atoms with Crippen molar-refractivity contribution in [1.82, 2.24) is 0 Å². The maximum atomic E-state index is 9.84. The molecule has 26 valence electrons. The molecule has 0 nitrogen and oxygen atoms in total. The van der Waals surface area contributed by atoms with E-state index in [0.717, 1.165) is 0 Å². The second-order valence-electron chi connectivity index (χ2n) is 0.175. The van der Waals surface area contributed by atoms with Gasteiger partial charge in [0.15, 0.2) is 0 Å². The van der Waals surface area contributed by atoms with Gasteiger partial charge in [-0.05, 0) is 0 Å². The fourth-order valence-corrected chi connectivity index (χ4v) is 0. The standard InChI is InChI=1S/F3Te/c1-4(2)3/q+1. The molecule has 0 atom stereocenters. The third kappa shape index (κ3) is 19.2. The van der Waals surface area contributed by atoms with E-state index in [9.17, 15) is 8.68 Å². The van der Waals surface area contributed by atoms with E-state index < -0.39 is 21.3 Å². The van der Waals surface area contributed by atoms with Crippen LogP contribution in [0.25, 0.3) is 0 Å². The van der Waals surface area contributed by atoms with Crippen LogP contribution in [0.1, 0.15) is 0 Å². The first kappa shape index (κ1) is 4.58. The number of hydrogen-bond acceptors (Lipinski definition) is 0. The van der Waals surface area contributed by atoms with E-state index in [-0.39, 0.29) is 0 Å². The Balaban J connectivity index is 2.32. The van der Waals surface area contributed by atoms with Crippen molar-refractivity contribution < 1.29 is 8.68 Å². The van der Waals surface area contributed by atoms with Crippen LogP contribution in [0, 0.1) is 0 Å². The van der Waals surface area contributed by atoms with Crippen molar-refractivity contribution in [3.8, 4) is 0 Å². The quantitative estimate of drug-likeness (QED) is 0.491. The molecule has 0 saturated carbocycles. The summed E-state index contributed by atoms with van der Waals surface area (Å²) in [4.78, 5) is 0. The first-order chi connectivity index (χ1) is 1.73. The number of hydrogen-bond donors (Lipinski definition) is 0. The first-order valence-corrected chi connectivity index (χ1v) is 3.11. The normalized spacial score (nSPS) is 9.00. The minimum absolute atomic E-state index is 4.86. The molecule has 0 fully saturated rings. The molecule has 0 aliphatic carbocycles. The average Bonchev–Trinajstić information content (AvgIpc) is 0.811.